The van der Waals surface area contributed by atoms with Gasteiger partial charge in [0, 0.05) is 13.3 Å². The molecule has 0 spiro atoms. The van der Waals surface area contributed by atoms with Gasteiger partial charge in [-0.25, -0.2) is 16.8 Å². The summed E-state index contributed by atoms with van der Waals surface area (Å²) in [6, 6.07) is 0. The van der Waals surface area contributed by atoms with Crippen LogP contribution >= 0.6 is 11.3 Å². The molecular formula is C17H24F10N2O4S3. The molecule has 0 aliphatic rings. The van der Waals surface area contributed by atoms with Crippen molar-refractivity contribution < 1.29 is 65.3 Å². The van der Waals surface area contributed by atoms with Crippen LogP contribution in [0.1, 0.15) is 56.0 Å². The maximum Gasteiger partial charge on any atom is 0.467 e. The van der Waals surface area contributed by atoms with Crippen molar-refractivity contribution in [3.05, 3.63) is 20.2 Å². The van der Waals surface area contributed by atoms with Crippen LogP contribution in [-0.2, 0) is 26.6 Å². The summed E-state index contributed by atoms with van der Waals surface area (Å²) >= 11 is 1.87. The largest absolute Gasteiger partial charge is 0.467 e. The average Bonchev–Trinajstić information content (AvgIpc) is 3.00. The van der Waals surface area contributed by atoms with Gasteiger partial charge < -0.3 is 4.13 Å². The normalized spacial score (nSPS) is 13.9. The number of nitrogens with zero attached hydrogens (tertiary/aromatic N) is 2. The van der Waals surface area contributed by atoms with Crippen LogP contribution in [0.2, 0.25) is 0 Å². The highest BCUT2D eigenvalue weighted by molar-refractivity contribution is 8.13. The van der Waals surface area contributed by atoms with E-state index < -0.39 is 42.9 Å². The van der Waals surface area contributed by atoms with Gasteiger partial charge in [-0.1, -0.05) is 43.9 Å². The van der Waals surface area contributed by atoms with E-state index in [-0.39, 0.29) is 0 Å². The molecule has 214 valence electrons. The molecule has 0 aliphatic heterocycles. The Hall–Kier alpha value is -1.21. The molecule has 0 bridgehead atoms. The summed E-state index contributed by atoms with van der Waals surface area (Å²) in [5.41, 5.74) is 3.71. The van der Waals surface area contributed by atoms with Gasteiger partial charge in [-0.15, -0.1) is 0 Å². The zero-order valence-electron chi connectivity index (χ0n) is 19.1. The Morgan fingerprint density at radius 3 is 1.47 bits per heavy atom. The maximum atomic E-state index is 12.3. The molecule has 1 aromatic heterocycles. The van der Waals surface area contributed by atoms with Crippen molar-refractivity contribution in [1.82, 2.24) is 0 Å². The lowest BCUT2D eigenvalue weighted by molar-refractivity contribution is -0.698. The van der Waals surface area contributed by atoms with Crippen molar-refractivity contribution in [3.8, 4) is 0 Å². The zero-order chi connectivity index (χ0) is 28.8. The van der Waals surface area contributed by atoms with Crippen molar-refractivity contribution in [1.29, 1.82) is 0 Å². The molecule has 0 atom stereocenters. The van der Waals surface area contributed by atoms with Gasteiger partial charge in [0.25, 0.3) is 0 Å². The number of aromatic nitrogens is 1. The third-order valence-electron chi connectivity index (χ3n) is 4.55. The number of rotatable bonds is 11. The fourth-order valence-electron chi connectivity index (χ4n) is 2.31. The highest BCUT2D eigenvalue weighted by Crippen LogP contribution is 2.47. The van der Waals surface area contributed by atoms with Crippen LogP contribution in [0.25, 0.3) is 4.13 Å². The lowest BCUT2D eigenvalue weighted by atomic mass is 10.1. The topological polar surface area (TPSA) is 86.3 Å². The molecule has 0 N–H and O–H groups in total. The molecule has 0 saturated carbocycles. The van der Waals surface area contributed by atoms with Crippen LogP contribution in [0, 0.1) is 13.8 Å². The number of hydrogen-bond donors (Lipinski definition) is 0. The first-order valence-electron chi connectivity index (χ1n) is 10.0. The highest BCUT2D eigenvalue weighted by Gasteiger charge is 2.68. The van der Waals surface area contributed by atoms with Crippen molar-refractivity contribution in [2.24, 2.45) is 0 Å². The molecular weight excluding hydrogens is 582 g/mol. The first-order chi connectivity index (χ1) is 16.0. The predicted molar refractivity (Wildman–Crippen MR) is 111 cm³/mol. The standard InChI is InChI=1S/C13H24NS.C4F10NO4S2/c1-4-5-6-7-8-9-10-14-11-15-13(3)12(14)2;5-1(6,7)3(11,12)20(16,17)15-21(18,19)4(13,14)2(8,9)10/h11H,4-10H2,1-3H3;/q+1;-1. The van der Waals surface area contributed by atoms with Gasteiger partial charge in [-0.2, -0.15) is 48.5 Å². The van der Waals surface area contributed by atoms with Crippen LogP contribution in [0.4, 0.5) is 43.9 Å². The third-order valence-corrected chi connectivity index (χ3v) is 8.89. The van der Waals surface area contributed by atoms with E-state index in [1.54, 1.807) is 0 Å². The lowest BCUT2D eigenvalue weighted by Crippen LogP contribution is -2.48. The summed E-state index contributed by atoms with van der Waals surface area (Å²) in [5, 5.41) is -14.0. The fourth-order valence-corrected chi connectivity index (χ4v) is 5.51. The number of sulfonamides is 2. The second-order valence-corrected chi connectivity index (χ2v) is 12.0. The quantitative estimate of drug-likeness (QED) is 0.167. The summed E-state index contributed by atoms with van der Waals surface area (Å²) in [6.45, 7) is 7.91. The molecule has 0 aliphatic carbocycles. The lowest BCUT2D eigenvalue weighted by Gasteiger charge is -2.31. The molecule has 0 unspecified atom stereocenters. The van der Waals surface area contributed by atoms with Crippen molar-refractivity contribution >= 4 is 31.4 Å². The molecule has 0 aromatic carbocycles. The van der Waals surface area contributed by atoms with E-state index in [4.69, 9.17) is 0 Å². The van der Waals surface area contributed by atoms with Gasteiger partial charge >= 0.3 is 22.9 Å². The van der Waals surface area contributed by atoms with Gasteiger partial charge in [-0.3, -0.25) is 0 Å². The molecule has 0 saturated heterocycles. The zero-order valence-corrected chi connectivity index (χ0v) is 21.5. The SMILES string of the molecule is CCCCCCCC[n+]1csc(C)c1C.O=S(=O)([N-]S(=O)(=O)C(F)(F)C(F)(F)F)C(F)(F)C(F)(F)F. The Bertz CT molecular complexity index is 996. The minimum atomic E-state index is -7.62. The Labute approximate surface area is 205 Å². The van der Waals surface area contributed by atoms with Crippen LogP contribution in [0.3, 0.4) is 0 Å². The number of thiazole rings is 1. The number of unbranched alkanes of at least 4 members (excludes halogenated alkanes) is 5. The van der Waals surface area contributed by atoms with E-state index in [9.17, 15) is 60.7 Å². The van der Waals surface area contributed by atoms with E-state index in [2.05, 4.69) is 30.8 Å². The predicted octanol–water partition coefficient (Wildman–Crippen LogP) is 6.34. The summed E-state index contributed by atoms with van der Waals surface area (Å²) in [7, 11) is -15.2. The van der Waals surface area contributed by atoms with Crippen LogP contribution in [0.5, 0.6) is 0 Å². The van der Waals surface area contributed by atoms with Gasteiger partial charge in [0.05, 0.1) is 4.88 Å². The van der Waals surface area contributed by atoms with E-state index in [1.165, 1.54) is 55.6 Å². The molecule has 0 fully saturated rings. The van der Waals surface area contributed by atoms with Crippen LogP contribution < -0.4 is 4.57 Å². The molecule has 1 rings (SSSR count). The minimum absolute atomic E-state index is 0.422. The van der Waals surface area contributed by atoms with Gasteiger partial charge in [0.2, 0.25) is 5.51 Å². The maximum absolute atomic E-state index is 12.3. The molecule has 19 heteroatoms. The fraction of sp³-hybridized carbons (Fsp3) is 0.824. The van der Waals surface area contributed by atoms with E-state index in [0.29, 0.717) is 4.13 Å². The Morgan fingerprint density at radius 2 is 1.14 bits per heavy atom. The number of alkyl halides is 10. The van der Waals surface area contributed by atoms with Crippen LogP contribution in [-0.4, -0.2) is 39.7 Å². The summed E-state index contributed by atoms with van der Waals surface area (Å²) in [5.74, 6) is 0. The molecule has 6 nitrogen and oxygen atoms in total. The number of hydrogen-bond acceptors (Lipinski definition) is 5. The van der Waals surface area contributed by atoms with Crippen molar-refractivity contribution in [2.75, 3.05) is 0 Å². The van der Waals surface area contributed by atoms with Gasteiger partial charge in [0.15, 0.2) is 25.7 Å². The molecule has 1 heterocycles. The van der Waals surface area contributed by atoms with E-state index >= 15 is 0 Å². The molecule has 36 heavy (non-hydrogen) atoms. The van der Waals surface area contributed by atoms with E-state index in [1.807, 2.05) is 11.3 Å². The number of aryl methyl sites for hydroxylation is 2. The van der Waals surface area contributed by atoms with Crippen molar-refractivity contribution in [2.45, 2.75) is 88.7 Å². The second kappa shape index (κ2) is 12.6. The Morgan fingerprint density at radius 1 is 0.750 bits per heavy atom. The van der Waals surface area contributed by atoms with Gasteiger partial charge in [0.1, 0.15) is 6.54 Å². The third kappa shape index (κ3) is 8.68. The Balaban J connectivity index is 0.000000717. The summed E-state index contributed by atoms with van der Waals surface area (Å²) in [6.07, 6.45) is -5.69. The highest BCUT2D eigenvalue weighted by atomic mass is 32.3. The summed E-state index contributed by atoms with van der Waals surface area (Å²) < 4.78 is 163. The first kappa shape index (κ1) is 34.8. The van der Waals surface area contributed by atoms with E-state index in [0.717, 1.165) is 0 Å². The molecule has 1 aromatic rings. The first-order valence-corrected chi connectivity index (χ1v) is 13.8. The van der Waals surface area contributed by atoms with Gasteiger partial charge in [-0.05, 0) is 13.3 Å². The molecule has 0 amide bonds. The minimum Gasteiger partial charge on any atom is -0.425 e. The summed E-state index contributed by atoms with van der Waals surface area (Å²) in [4.78, 5) is 1.46. The monoisotopic (exact) mass is 606 g/mol. The second-order valence-electron chi connectivity index (χ2n) is 7.38. The Kier molecular flexibility index (Phi) is 12.1. The van der Waals surface area contributed by atoms with Crippen molar-refractivity contribution in [3.63, 3.8) is 0 Å². The van der Waals surface area contributed by atoms with Crippen LogP contribution in [0.15, 0.2) is 5.51 Å². The average molecular weight is 607 g/mol. The smallest absolute Gasteiger partial charge is 0.425 e. The number of halogens is 10. The molecule has 0 radical (unpaired) electrons.